The monoisotopic (exact) mass is 284 g/mol. The minimum absolute atomic E-state index is 0.0152. The van der Waals surface area contributed by atoms with Crippen LogP contribution in [0.4, 0.5) is 0 Å². The van der Waals surface area contributed by atoms with E-state index in [4.69, 9.17) is 9.47 Å². The topological polar surface area (TPSA) is 35.5 Å². The van der Waals surface area contributed by atoms with E-state index in [9.17, 15) is 4.79 Å². The zero-order chi connectivity index (χ0) is 11.5. The van der Waals surface area contributed by atoms with Crippen LogP contribution >= 0.6 is 15.9 Å². The Hall–Kier alpha value is -0.870. The van der Waals surface area contributed by atoms with Crippen LogP contribution in [0.25, 0.3) is 0 Å². The van der Waals surface area contributed by atoms with Crippen LogP contribution < -0.4 is 4.74 Å². The van der Waals surface area contributed by atoms with Crippen LogP contribution in [0.1, 0.15) is 23.7 Å². The standard InChI is InChI=1S/C12H13BrO3/c1-8(14)11-3-2-9(13)6-12(11)16-10-4-5-15-7-10/h2-3,6,10H,4-5,7H2,1H3. The SMILES string of the molecule is CC(=O)c1ccc(Br)cc1OC1CCOC1. The summed E-state index contributed by atoms with van der Waals surface area (Å²) in [6, 6.07) is 5.45. The van der Waals surface area contributed by atoms with Crippen LogP contribution in [-0.2, 0) is 4.74 Å². The molecule has 0 aromatic heterocycles. The molecule has 0 bridgehead atoms. The van der Waals surface area contributed by atoms with Crippen LogP contribution in [-0.4, -0.2) is 25.1 Å². The fourth-order valence-corrected chi connectivity index (χ4v) is 2.01. The van der Waals surface area contributed by atoms with Crippen molar-refractivity contribution in [2.24, 2.45) is 0 Å². The van der Waals surface area contributed by atoms with Crippen LogP contribution in [0.15, 0.2) is 22.7 Å². The quantitative estimate of drug-likeness (QED) is 0.801. The zero-order valence-corrected chi connectivity index (χ0v) is 10.6. The van der Waals surface area contributed by atoms with Crippen molar-refractivity contribution in [3.63, 3.8) is 0 Å². The Labute approximate surface area is 103 Å². The first-order chi connectivity index (χ1) is 7.66. The first-order valence-electron chi connectivity index (χ1n) is 5.21. The molecule has 1 aromatic rings. The largest absolute Gasteiger partial charge is 0.487 e. The van der Waals surface area contributed by atoms with E-state index in [0.717, 1.165) is 17.5 Å². The predicted molar refractivity (Wildman–Crippen MR) is 64.0 cm³/mol. The molecule has 4 heteroatoms. The summed E-state index contributed by atoms with van der Waals surface area (Å²) >= 11 is 3.37. The normalized spacial score (nSPS) is 19.8. The molecule has 1 fully saturated rings. The molecule has 0 aliphatic carbocycles. The Balaban J connectivity index is 2.22. The molecular formula is C12H13BrO3. The van der Waals surface area contributed by atoms with E-state index in [2.05, 4.69) is 15.9 Å². The molecule has 1 aliphatic heterocycles. The molecule has 1 heterocycles. The van der Waals surface area contributed by atoms with Gasteiger partial charge in [-0.3, -0.25) is 4.79 Å². The molecule has 0 spiro atoms. The first kappa shape index (κ1) is 11.6. The van der Waals surface area contributed by atoms with Crippen molar-refractivity contribution in [1.29, 1.82) is 0 Å². The maximum absolute atomic E-state index is 11.4. The van der Waals surface area contributed by atoms with Crippen LogP contribution in [0.2, 0.25) is 0 Å². The van der Waals surface area contributed by atoms with Gasteiger partial charge in [0, 0.05) is 10.9 Å². The number of carbonyl (C=O) groups is 1. The van der Waals surface area contributed by atoms with E-state index in [-0.39, 0.29) is 11.9 Å². The molecule has 16 heavy (non-hydrogen) atoms. The summed E-state index contributed by atoms with van der Waals surface area (Å²) in [5.41, 5.74) is 0.620. The van der Waals surface area contributed by atoms with Gasteiger partial charge in [-0.05, 0) is 25.1 Å². The van der Waals surface area contributed by atoms with E-state index in [0.29, 0.717) is 17.9 Å². The summed E-state index contributed by atoms with van der Waals surface area (Å²) in [5.74, 6) is 0.652. The van der Waals surface area contributed by atoms with Gasteiger partial charge >= 0.3 is 0 Å². The zero-order valence-electron chi connectivity index (χ0n) is 9.03. The Morgan fingerprint density at radius 2 is 2.38 bits per heavy atom. The van der Waals surface area contributed by atoms with E-state index < -0.39 is 0 Å². The van der Waals surface area contributed by atoms with Crippen LogP contribution in [0, 0.1) is 0 Å². The third-order valence-electron chi connectivity index (χ3n) is 2.50. The minimum atomic E-state index is 0.0152. The van der Waals surface area contributed by atoms with Gasteiger partial charge in [0.2, 0.25) is 0 Å². The van der Waals surface area contributed by atoms with Crippen molar-refractivity contribution in [3.8, 4) is 5.75 Å². The van der Waals surface area contributed by atoms with Crippen molar-refractivity contribution < 1.29 is 14.3 Å². The third kappa shape index (κ3) is 2.62. The highest BCUT2D eigenvalue weighted by Crippen LogP contribution is 2.26. The molecule has 0 saturated carbocycles. The van der Waals surface area contributed by atoms with Crippen molar-refractivity contribution in [3.05, 3.63) is 28.2 Å². The molecule has 1 atom stereocenters. The lowest BCUT2D eigenvalue weighted by molar-refractivity contribution is 0.100. The second-order valence-corrected chi connectivity index (χ2v) is 4.72. The highest BCUT2D eigenvalue weighted by molar-refractivity contribution is 9.10. The number of ether oxygens (including phenoxy) is 2. The van der Waals surface area contributed by atoms with Crippen molar-refractivity contribution in [1.82, 2.24) is 0 Å². The number of benzene rings is 1. The molecule has 2 rings (SSSR count). The second-order valence-electron chi connectivity index (χ2n) is 3.80. The van der Waals surface area contributed by atoms with Gasteiger partial charge in [0.05, 0.1) is 18.8 Å². The average molecular weight is 285 g/mol. The second kappa shape index (κ2) is 4.97. The van der Waals surface area contributed by atoms with Crippen molar-refractivity contribution >= 4 is 21.7 Å². The maximum atomic E-state index is 11.4. The van der Waals surface area contributed by atoms with Crippen molar-refractivity contribution in [2.75, 3.05) is 13.2 Å². The summed E-state index contributed by atoms with van der Waals surface area (Å²) < 4.78 is 11.9. The number of halogens is 1. The lowest BCUT2D eigenvalue weighted by Gasteiger charge is -2.14. The van der Waals surface area contributed by atoms with Gasteiger partial charge in [-0.15, -0.1) is 0 Å². The lowest BCUT2D eigenvalue weighted by atomic mass is 10.1. The smallest absolute Gasteiger partial charge is 0.163 e. The number of hydrogen-bond acceptors (Lipinski definition) is 3. The van der Waals surface area contributed by atoms with Gasteiger partial charge in [0.25, 0.3) is 0 Å². The number of carbonyl (C=O) groups excluding carboxylic acids is 1. The summed E-state index contributed by atoms with van der Waals surface area (Å²) in [4.78, 5) is 11.4. The summed E-state index contributed by atoms with van der Waals surface area (Å²) in [6.07, 6.45) is 0.941. The molecule has 0 radical (unpaired) electrons. The minimum Gasteiger partial charge on any atom is -0.487 e. The van der Waals surface area contributed by atoms with Crippen molar-refractivity contribution in [2.45, 2.75) is 19.4 Å². The highest BCUT2D eigenvalue weighted by atomic mass is 79.9. The van der Waals surface area contributed by atoms with Crippen LogP contribution in [0.5, 0.6) is 5.75 Å². The Kier molecular flexibility index (Phi) is 3.61. The van der Waals surface area contributed by atoms with E-state index in [1.165, 1.54) is 0 Å². The number of ketones is 1. The van der Waals surface area contributed by atoms with E-state index in [1.807, 2.05) is 12.1 Å². The van der Waals surface area contributed by atoms with Crippen LogP contribution in [0.3, 0.4) is 0 Å². The fraction of sp³-hybridized carbons (Fsp3) is 0.417. The molecule has 1 aromatic carbocycles. The summed E-state index contributed by atoms with van der Waals surface area (Å²) in [5, 5.41) is 0. The van der Waals surface area contributed by atoms with Gasteiger partial charge in [-0.2, -0.15) is 0 Å². The molecule has 1 saturated heterocycles. The van der Waals surface area contributed by atoms with Gasteiger partial charge in [-0.1, -0.05) is 15.9 Å². The van der Waals surface area contributed by atoms with Gasteiger partial charge < -0.3 is 9.47 Å². The molecule has 0 amide bonds. The highest BCUT2D eigenvalue weighted by Gasteiger charge is 2.19. The molecule has 1 aliphatic rings. The maximum Gasteiger partial charge on any atom is 0.163 e. The molecule has 1 unspecified atom stereocenters. The Morgan fingerprint density at radius 3 is 3.00 bits per heavy atom. The fourth-order valence-electron chi connectivity index (χ4n) is 1.67. The molecular weight excluding hydrogens is 272 g/mol. The van der Waals surface area contributed by atoms with E-state index >= 15 is 0 Å². The Morgan fingerprint density at radius 1 is 1.56 bits per heavy atom. The number of Topliss-reactive ketones (excluding diaryl/α,β-unsaturated/α-hetero) is 1. The number of hydrogen-bond donors (Lipinski definition) is 0. The number of rotatable bonds is 3. The van der Waals surface area contributed by atoms with Gasteiger partial charge in [-0.25, -0.2) is 0 Å². The first-order valence-corrected chi connectivity index (χ1v) is 6.01. The van der Waals surface area contributed by atoms with Gasteiger partial charge in [0.1, 0.15) is 11.9 Å². The molecule has 3 nitrogen and oxygen atoms in total. The summed E-state index contributed by atoms with van der Waals surface area (Å²) in [6.45, 7) is 2.87. The van der Waals surface area contributed by atoms with E-state index in [1.54, 1.807) is 13.0 Å². The molecule has 86 valence electrons. The average Bonchev–Trinajstić information content (AvgIpc) is 2.70. The van der Waals surface area contributed by atoms with Gasteiger partial charge in [0.15, 0.2) is 5.78 Å². The third-order valence-corrected chi connectivity index (χ3v) is 3.00. The molecule has 0 N–H and O–H groups in total. The Bertz CT molecular complexity index is 397. The predicted octanol–water partition coefficient (Wildman–Crippen LogP) is 2.82. The lowest BCUT2D eigenvalue weighted by Crippen LogP contribution is -2.17. The summed E-state index contributed by atoms with van der Waals surface area (Å²) in [7, 11) is 0.